The fraction of sp³-hybridized carbons (Fsp3) is 0.364. The first-order valence-corrected chi connectivity index (χ1v) is 11.8. The third-order valence-electron chi connectivity index (χ3n) is 5.23. The molecule has 0 saturated carbocycles. The van der Waals surface area contributed by atoms with Gasteiger partial charge in [-0.05, 0) is 62.4 Å². The Morgan fingerprint density at radius 2 is 1.65 bits per heavy atom. The number of aliphatic imine (C=N–C) groups is 1. The smallest absolute Gasteiger partial charge is 0.241 e. The molecule has 2 aromatic carbocycles. The molecule has 166 valence electrons. The van der Waals surface area contributed by atoms with Crippen LogP contribution in [0.25, 0.3) is 0 Å². The molecule has 31 heavy (non-hydrogen) atoms. The third kappa shape index (κ3) is 6.28. The summed E-state index contributed by atoms with van der Waals surface area (Å²) in [4.78, 5) is 19.1. The second kappa shape index (κ2) is 9.93. The number of hydrogen-bond donors (Lipinski definition) is 3. The van der Waals surface area contributed by atoms with Gasteiger partial charge >= 0.3 is 0 Å². The lowest BCUT2D eigenvalue weighted by Crippen LogP contribution is -2.50. The van der Waals surface area contributed by atoms with Gasteiger partial charge in [-0.2, -0.15) is 4.72 Å². The van der Waals surface area contributed by atoms with Gasteiger partial charge in [0.2, 0.25) is 15.9 Å². The van der Waals surface area contributed by atoms with Gasteiger partial charge in [-0.3, -0.25) is 4.79 Å². The number of carbonyl (C=O) groups excluding carboxylic acids is 1. The van der Waals surface area contributed by atoms with Crippen LogP contribution in [-0.2, 0) is 21.2 Å². The summed E-state index contributed by atoms with van der Waals surface area (Å²) in [6.07, 6.45) is 3.16. The summed E-state index contributed by atoms with van der Waals surface area (Å²) in [7, 11) is -3.86. The van der Waals surface area contributed by atoms with Crippen LogP contribution in [0.1, 0.15) is 30.4 Å². The SMILES string of the molecule is Cc1ccc(S(=O)(=O)NC(Cc2ccc(N=C(N)N)cc2)C(=O)N2CCCCC2)cc1. The third-order valence-corrected chi connectivity index (χ3v) is 6.72. The summed E-state index contributed by atoms with van der Waals surface area (Å²) in [6, 6.07) is 12.7. The van der Waals surface area contributed by atoms with Gasteiger partial charge in [0.25, 0.3) is 0 Å². The number of aryl methyl sites for hydroxylation is 1. The number of rotatable bonds is 7. The average Bonchev–Trinajstić information content (AvgIpc) is 2.74. The minimum Gasteiger partial charge on any atom is -0.370 e. The topological polar surface area (TPSA) is 131 Å². The molecule has 1 fully saturated rings. The summed E-state index contributed by atoms with van der Waals surface area (Å²) < 4.78 is 28.6. The molecule has 1 atom stereocenters. The molecule has 0 bridgehead atoms. The van der Waals surface area contributed by atoms with E-state index in [2.05, 4.69) is 9.71 Å². The van der Waals surface area contributed by atoms with Crippen molar-refractivity contribution in [1.29, 1.82) is 0 Å². The maximum Gasteiger partial charge on any atom is 0.241 e. The van der Waals surface area contributed by atoms with Crippen LogP contribution in [-0.4, -0.2) is 44.3 Å². The second-order valence-corrected chi connectivity index (χ2v) is 9.49. The van der Waals surface area contributed by atoms with Crippen molar-refractivity contribution in [2.45, 2.75) is 43.5 Å². The number of nitrogens with zero attached hydrogens (tertiary/aromatic N) is 2. The first-order valence-electron chi connectivity index (χ1n) is 10.3. The molecule has 0 radical (unpaired) electrons. The zero-order valence-electron chi connectivity index (χ0n) is 17.6. The Kier molecular flexibility index (Phi) is 7.29. The molecule has 1 aliphatic heterocycles. The van der Waals surface area contributed by atoms with E-state index in [1.165, 1.54) is 0 Å². The molecular weight excluding hydrogens is 414 g/mol. The van der Waals surface area contributed by atoms with Crippen LogP contribution in [0.4, 0.5) is 5.69 Å². The van der Waals surface area contributed by atoms with Gasteiger partial charge in [0.1, 0.15) is 6.04 Å². The molecule has 0 spiro atoms. The van der Waals surface area contributed by atoms with E-state index in [0.29, 0.717) is 18.8 Å². The molecule has 1 amide bonds. The van der Waals surface area contributed by atoms with Crippen LogP contribution in [0.5, 0.6) is 0 Å². The van der Waals surface area contributed by atoms with Crippen molar-refractivity contribution in [2.75, 3.05) is 13.1 Å². The molecule has 3 rings (SSSR count). The molecule has 0 aliphatic carbocycles. The maximum atomic E-state index is 13.2. The van der Waals surface area contributed by atoms with Gasteiger partial charge in [0.15, 0.2) is 5.96 Å². The van der Waals surface area contributed by atoms with E-state index < -0.39 is 16.1 Å². The standard InChI is InChI=1S/C22H29N5O3S/c1-16-5-11-19(12-6-16)31(29,30)26-20(21(28)27-13-3-2-4-14-27)15-17-7-9-18(10-8-17)25-22(23)24/h5-12,20,26H,2-4,13-15H2,1H3,(H4,23,24,25). The number of hydrogen-bond acceptors (Lipinski definition) is 4. The predicted octanol–water partition coefficient (Wildman–Crippen LogP) is 1.80. The highest BCUT2D eigenvalue weighted by atomic mass is 32.2. The van der Waals surface area contributed by atoms with Crippen molar-refractivity contribution in [2.24, 2.45) is 16.5 Å². The lowest BCUT2D eigenvalue weighted by molar-refractivity contribution is -0.133. The Bertz CT molecular complexity index is 1020. The van der Waals surface area contributed by atoms with Crippen molar-refractivity contribution in [3.8, 4) is 0 Å². The summed E-state index contributed by atoms with van der Waals surface area (Å²) >= 11 is 0. The van der Waals surface area contributed by atoms with Gasteiger partial charge in [0.05, 0.1) is 10.6 Å². The number of sulfonamides is 1. The van der Waals surface area contributed by atoms with Crippen LogP contribution >= 0.6 is 0 Å². The summed E-state index contributed by atoms with van der Waals surface area (Å²) in [5.74, 6) is -0.250. The molecule has 2 aromatic rings. The fourth-order valence-corrected chi connectivity index (χ4v) is 4.77. The number of nitrogens with two attached hydrogens (primary N) is 2. The van der Waals surface area contributed by atoms with Crippen molar-refractivity contribution in [3.05, 3.63) is 59.7 Å². The highest BCUT2D eigenvalue weighted by molar-refractivity contribution is 7.89. The maximum absolute atomic E-state index is 13.2. The second-order valence-electron chi connectivity index (χ2n) is 7.78. The van der Waals surface area contributed by atoms with Crippen LogP contribution < -0.4 is 16.2 Å². The number of guanidine groups is 1. The predicted molar refractivity (Wildman–Crippen MR) is 121 cm³/mol. The summed E-state index contributed by atoms with van der Waals surface area (Å²) in [5, 5.41) is 0. The van der Waals surface area contributed by atoms with E-state index >= 15 is 0 Å². The van der Waals surface area contributed by atoms with Gasteiger partial charge in [-0.1, -0.05) is 29.8 Å². The minimum absolute atomic E-state index is 0.0447. The Morgan fingerprint density at radius 3 is 2.23 bits per heavy atom. The Labute approximate surface area is 183 Å². The molecular formula is C22H29N5O3S. The molecule has 1 aliphatic rings. The molecule has 1 unspecified atom stereocenters. The van der Waals surface area contributed by atoms with E-state index in [1.807, 2.05) is 6.92 Å². The number of carbonyl (C=O) groups is 1. The zero-order valence-corrected chi connectivity index (χ0v) is 18.4. The van der Waals surface area contributed by atoms with Crippen LogP contribution in [0, 0.1) is 6.92 Å². The van der Waals surface area contributed by atoms with Gasteiger partial charge < -0.3 is 16.4 Å². The number of benzene rings is 2. The van der Waals surface area contributed by atoms with Crippen LogP contribution in [0.15, 0.2) is 58.4 Å². The summed E-state index contributed by atoms with van der Waals surface area (Å²) in [6.45, 7) is 3.18. The first kappa shape index (κ1) is 22.8. The quantitative estimate of drug-likeness (QED) is 0.444. The molecule has 0 aromatic heterocycles. The van der Waals surface area contributed by atoms with Crippen molar-refractivity contribution >= 4 is 27.6 Å². The number of piperidine rings is 1. The molecule has 1 heterocycles. The van der Waals surface area contributed by atoms with E-state index in [9.17, 15) is 13.2 Å². The Balaban J connectivity index is 1.84. The Hall–Kier alpha value is -2.91. The highest BCUT2D eigenvalue weighted by Crippen LogP contribution is 2.18. The molecule has 5 N–H and O–H groups in total. The van der Waals surface area contributed by atoms with Crippen molar-refractivity contribution in [3.63, 3.8) is 0 Å². The van der Waals surface area contributed by atoms with E-state index in [4.69, 9.17) is 11.5 Å². The van der Waals surface area contributed by atoms with E-state index in [1.54, 1.807) is 53.4 Å². The van der Waals surface area contributed by atoms with Crippen molar-refractivity contribution in [1.82, 2.24) is 9.62 Å². The zero-order chi connectivity index (χ0) is 22.4. The van der Waals surface area contributed by atoms with Gasteiger partial charge in [0, 0.05) is 13.1 Å². The molecule has 1 saturated heterocycles. The van der Waals surface area contributed by atoms with Crippen LogP contribution in [0.3, 0.4) is 0 Å². The molecule has 9 heteroatoms. The van der Waals surface area contributed by atoms with Gasteiger partial charge in [-0.25, -0.2) is 13.4 Å². The normalized spacial score (nSPS) is 15.3. The number of likely N-dealkylation sites (tertiary alicyclic amines) is 1. The fourth-order valence-electron chi connectivity index (χ4n) is 3.58. The minimum atomic E-state index is -3.86. The van der Waals surface area contributed by atoms with Gasteiger partial charge in [-0.15, -0.1) is 0 Å². The summed E-state index contributed by atoms with van der Waals surface area (Å²) in [5.41, 5.74) is 13.1. The Morgan fingerprint density at radius 1 is 1.03 bits per heavy atom. The molecule has 8 nitrogen and oxygen atoms in total. The monoisotopic (exact) mass is 443 g/mol. The van der Waals surface area contributed by atoms with E-state index in [-0.39, 0.29) is 23.2 Å². The lowest BCUT2D eigenvalue weighted by Gasteiger charge is -2.30. The van der Waals surface area contributed by atoms with Crippen LogP contribution in [0.2, 0.25) is 0 Å². The lowest BCUT2D eigenvalue weighted by atomic mass is 10.0. The number of amides is 1. The first-order chi connectivity index (χ1) is 14.7. The average molecular weight is 444 g/mol. The van der Waals surface area contributed by atoms with Crippen molar-refractivity contribution < 1.29 is 13.2 Å². The largest absolute Gasteiger partial charge is 0.370 e. The number of nitrogens with one attached hydrogen (secondary N) is 1. The highest BCUT2D eigenvalue weighted by Gasteiger charge is 2.30. The van der Waals surface area contributed by atoms with E-state index in [0.717, 1.165) is 30.4 Å².